The van der Waals surface area contributed by atoms with Crippen molar-refractivity contribution < 1.29 is 19.4 Å². The number of carboxylic acids is 1. The van der Waals surface area contributed by atoms with E-state index in [0.29, 0.717) is 12.4 Å². The number of likely N-dealkylation sites (N-methyl/N-ethyl adjacent to an activating group) is 1. The number of carbonyl (C=O) groups excluding carboxylic acids is 1. The Kier molecular flexibility index (Phi) is 4.57. The van der Waals surface area contributed by atoms with Crippen molar-refractivity contribution in [2.24, 2.45) is 5.92 Å². The molecule has 2 atom stereocenters. The number of carbonyl (C=O) groups is 2. The van der Waals surface area contributed by atoms with E-state index in [-0.39, 0.29) is 25.8 Å². The molecule has 0 bridgehead atoms. The lowest BCUT2D eigenvalue weighted by Crippen LogP contribution is -2.50. The van der Waals surface area contributed by atoms with E-state index in [4.69, 9.17) is 9.84 Å². The highest BCUT2D eigenvalue weighted by Crippen LogP contribution is 2.20. The molecule has 1 saturated heterocycles. The van der Waals surface area contributed by atoms with Gasteiger partial charge in [-0.3, -0.25) is 4.79 Å². The fraction of sp³-hybridized carbons (Fsp3) is 0.583. The Balaban J connectivity index is 1.96. The van der Waals surface area contributed by atoms with Crippen LogP contribution < -0.4 is 5.32 Å². The van der Waals surface area contributed by atoms with E-state index in [0.717, 1.165) is 0 Å². The molecule has 2 heterocycles. The van der Waals surface area contributed by atoms with Crippen LogP contribution in [0.1, 0.15) is 12.7 Å². The molecule has 0 aromatic carbocycles. The van der Waals surface area contributed by atoms with Crippen LogP contribution in [0.15, 0.2) is 12.4 Å². The van der Waals surface area contributed by atoms with Crippen LogP contribution in [-0.2, 0) is 16.1 Å². The Morgan fingerprint density at radius 1 is 1.60 bits per heavy atom. The van der Waals surface area contributed by atoms with Gasteiger partial charge in [0.05, 0.1) is 25.8 Å². The molecule has 1 aromatic heterocycles. The summed E-state index contributed by atoms with van der Waals surface area (Å²) in [6, 6.07) is -0.750. The van der Waals surface area contributed by atoms with Crippen molar-refractivity contribution >= 4 is 12.0 Å². The zero-order chi connectivity index (χ0) is 14.5. The predicted octanol–water partition coefficient (Wildman–Crippen LogP) is 0.0408. The molecule has 8 nitrogen and oxygen atoms in total. The van der Waals surface area contributed by atoms with Crippen LogP contribution in [0.3, 0.4) is 0 Å². The number of H-pyrrole nitrogens is 1. The standard InChI is InChI=1S/C12H18N4O4/c1-2-16(9-7-20-6-8(9)11(17)18)12(19)15-5-10-13-3-4-14-10/h3-4,8-9H,2,5-7H2,1H3,(H,13,14)(H,15,19)(H,17,18). The molecule has 2 amide bonds. The third-order valence-corrected chi connectivity index (χ3v) is 3.33. The highest BCUT2D eigenvalue weighted by atomic mass is 16.5. The number of amides is 2. The normalized spacial score (nSPS) is 21.6. The molecule has 0 saturated carbocycles. The number of carboxylic acid groups (broad SMARTS) is 1. The monoisotopic (exact) mass is 282 g/mol. The average molecular weight is 282 g/mol. The lowest BCUT2D eigenvalue weighted by atomic mass is 10.0. The van der Waals surface area contributed by atoms with Gasteiger partial charge in [-0.05, 0) is 6.92 Å². The number of imidazole rings is 1. The number of aliphatic carboxylic acids is 1. The molecule has 0 spiro atoms. The Morgan fingerprint density at radius 3 is 3.00 bits per heavy atom. The number of hydrogen-bond acceptors (Lipinski definition) is 4. The summed E-state index contributed by atoms with van der Waals surface area (Å²) < 4.78 is 5.19. The maximum absolute atomic E-state index is 12.1. The largest absolute Gasteiger partial charge is 0.481 e. The summed E-state index contributed by atoms with van der Waals surface area (Å²) in [4.78, 5) is 31.7. The summed E-state index contributed by atoms with van der Waals surface area (Å²) in [5, 5.41) is 11.9. The first-order valence-corrected chi connectivity index (χ1v) is 6.46. The van der Waals surface area contributed by atoms with E-state index >= 15 is 0 Å². The second-order valence-corrected chi connectivity index (χ2v) is 4.53. The van der Waals surface area contributed by atoms with Crippen LogP contribution in [0, 0.1) is 5.92 Å². The molecule has 2 rings (SSSR count). The van der Waals surface area contributed by atoms with E-state index in [1.807, 2.05) is 6.92 Å². The molecule has 0 radical (unpaired) electrons. The fourth-order valence-corrected chi connectivity index (χ4v) is 2.27. The first kappa shape index (κ1) is 14.3. The molecule has 1 aliphatic rings. The smallest absolute Gasteiger partial charge is 0.318 e. The highest BCUT2D eigenvalue weighted by Gasteiger charge is 2.39. The molecule has 1 fully saturated rings. The summed E-state index contributed by atoms with van der Waals surface area (Å²) in [6.07, 6.45) is 3.27. The zero-order valence-electron chi connectivity index (χ0n) is 11.2. The lowest BCUT2D eigenvalue weighted by Gasteiger charge is -2.29. The van der Waals surface area contributed by atoms with Gasteiger partial charge in [0.25, 0.3) is 0 Å². The Morgan fingerprint density at radius 2 is 2.40 bits per heavy atom. The summed E-state index contributed by atoms with van der Waals surface area (Å²) in [6.45, 7) is 2.89. The van der Waals surface area contributed by atoms with Crippen LogP contribution in [0.25, 0.3) is 0 Å². The number of nitrogens with one attached hydrogen (secondary N) is 2. The van der Waals surface area contributed by atoms with Gasteiger partial charge < -0.3 is 25.0 Å². The molecule has 110 valence electrons. The average Bonchev–Trinajstić information content (AvgIpc) is 3.08. The minimum atomic E-state index is -0.940. The zero-order valence-corrected chi connectivity index (χ0v) is 11.2. The van der Waals surface area contributed by atoms with Crippen molar-refractivity contribution in [1.29, 1.82) is 0 Å². The number of hydrogen-bond donors (Lipinski definition) is 3. The first-order chi connectivity index (χ1) is 9.63. The first-order valence-electron chi connectivity index (χ1n) is 6.46. The lowest BCUT2D eigenvalue weighted by molar-refractivity contribution is -0.142. The molecular weight excluding hydrogens is 264 g/mol. The van der Waals surface area contributed by atoms with Crippen molar-refractivity contribution in [3.63, 3.8) is 0 Å². The maximum atomic E-state index is 12.1. The van der Waals surface area contributed by atoms with Gasteiger partial charge in [-0.25, -0.2) is 9.78 Å². The molecule has 20 heavy (non-hydrogen) atoms. The van der Waals surface area contributed by atoms with E-state index in [9.17, 15) is 9.59 Å². The SMILES string of the molecule is CCN(C(=O)NCc1ncc[nH]1)C1COCC1C(=O)O. The number of aromatic nitrogens is 2. The Hall–Kier alpha value is -2.09. The minimum Gasteiger partial charge on any atom is -0.481 e. The van der Waals surface area contributed by atoms with Crippen molar-refractivity contribution in [3.05, 3.63) is 18.2 Å². The third-order valence-electron chi connectivity index (χ3n) is 3.33. The number of urea groups is 1. The summed E-state index contributed by atoms with van der Waals surface area (Å²) >= 11 is 0. The Labute approximate surface area is 116 Å². The molecule has 3 N–H and O–H groups in total. The van der Waals surface area contributed by atoms with Crippen molar-refractivity contribution in [2.45, 2.75) is 19.5 Å². The van der Waals surface area contributed by atoms with Crippen molar-refractivity contribution in [3.8, 4) is 0 Å². The van der Waals surface area contributed by atoms with Gasteiger partial charge in [0.2, 0.25) is 0 Å². The van der Waals surface area contributed by atoms with Crippen LogP contribution >= 0.6 is 0 Å². The second-order valence-electron chi connectivity index (χ2n) is 4.53. The Bertz CT molecular complexity index is 462. The van der Waals surface area contributed by atoms with Gasteiger partial charge in [-0.2, -0.15) is 0 Å². The van der Waals surface area contributed by atoms with Gasteiger partial charge in [-0.15, -0.1) is 0 Å². The van der Waals surface area contributed by atoms with Gasteiger partial charge >= 0.3 is 12.0 Å². The summed E-state index contributed by atoms with van der Waals surface area (Å²) in [7, 11) is 0. The maximum Gasteiger partial charge on any atom is 0.318 e. The minimum absolute atomic E-state index is 0.141. The number of aromatic amines is 1. The number of ether oxygens (including phenoxy) is 1. The van der Waals surface area contributed by atoms with Crippen LogP contribution in [0.4, 0.5) is 4.79 Å². The number of rotatable bonds is 5. The molecule has 0 aliphatic carbocycles. The summed E-state index contributed by atoms with van der Waals surface area (Å²) in [5.41, 5.74) is 0. The van der Waals surface area contributed by atoms with Gasteiger partial charge in [0.15, 0.2) is 0 Å². The van der Waals surface area contributed by atoms with Gasteiger partial charge in [0.1, 0.15) is 11.7 Å². The van der Waals surface area contributed by atoms with Crippen LogP contribution in [0.5, 0.6) is 0 Å². The molecular formula is C12H18N4O4. The topological polar surface area (TPSA) is 108 Å². The predicted molar refractivity (Wildman–Crippen MR) is 68.9 cm³/mol. The van der Waals surface area contributed by atoms with Crippen molar-refractivity contribution in [1.82, 2.24) is 20.2 Å². The molecule has 1 aromatic rings. The van der Waals surface area contributed by atoms with E-state index in [1.54, 1.807) is 12.4 Å². The van der Waals surface area contributed by atoms with Crippen LogP contribution in [0.2, 0.25) is 0 Å². The number of nitrogens with zero attached hydrogens (tertiary/aromatic N) is 2. The van der Waals surface area contributed by atoms with E-state index in [1.165, 1.54) is 4.90 Å². The molecule has 8 heteroatoms. The van der Waals surface area contributed by atoms with E-state index < -0.39 is 17.9 Å². The second kappa shape index (κ2) is 6.38. The highest BCUT2D eigenvalue weighted by molar-refractivity contribution is 5.77. The third kappa shape index (κ3) is 3.08. The van der Waals surface area contributed by atoms with Gasteiger partial charge in [0, 0.05) is 18.9 Å². The quantitative estimate of drug-likeness (QED) is 0.707. The van der Waals surface area contributed by atoms with E-state index in [2.05, 4.69) is 15.3 Å². The molecule has 2 unspecified atom stereocenters. The van der Waals surface area contributed by atoms with Gasteiger partial charge in [-0.1, -0.05) is 0 Å². The molecule has 1 aliphatic heterocycles. The van der Waals surface area contributed by atoms with Crippen molar-refractivity contribution in [2.75, 3.05) is 19.8 Å². The summed E-state index contributed by atoms with van der Waals surface area (Å²) in [5.74, 6) is -0.971. The fourth-order valence-electron chi connectivity index (χ4n) is 2.27. The van der Waals surface area contributed by atoms with Crippen LogP contribution in [-0.4, -0.2) is 57.8 Å².